The Morgan fingerprint density at radius 3 is 2.65 bits per heavy atom. The van der Waals surface area contributed by atoms with E-state index in [1.54, 1.807) is 6.20 Å². The molecule has 3 aromatic rings. The van der Waals surface area contributed by atoms with Crippen molar-refractivity contribution in [2.45, 2.75) is 24.9 Å². The summed E-state index contributed by atoms with van der Waals surface area (Å²) < 4.78 is 52.1. The lowest BCUT2D eigenvalue weighted by Crippen LogP contribution is -2.39. The van der Waals surface area contributed by atoms with Crippen molar-refractivity contribution in [2.24, 2.45) is 0 Å². The number of anilines is 2. The molecular formula is C21H21F4N5O. The van der Waals surface area contributed by atoms with Gasteiger partial charge in [-0.25, -0.2) is 9.18 Å². The van der Waals surface area contributed by atoms with Crippen molar-refractivity contribution in [3.05, 3.63) is 54.2 Å². The highest BCUT2D eigenvalue weighted by Gasteiger charge is 2.33. The number of halogens is 4. The summed E-state index contributed by atoms with van der Waals surface area (Å²) in [4.78, 5) is 20.8. The fourth-order valence-corrected chi connectivity index (χ4v) is 3.89. The van der Waals surface area contributed by atoms with Crippen LogP contribution in [0.5, 0.6) is 0 Å². The molecule has 1 fully saturated rings. The van der Waals surface area contributed by atoms with E-state index >= 15 is 0 Å². The Bertz CT molecular complexity index is 1070. The number of benzene rings is 1. The lowest BCUT2D eigenvalue weighted by molar-refractivity contribution is -0.148. The van der Waals surface area contributed by atoms with Crippen LogP contribution in [0.15, 0.2) is 42.7 Å². The van der Waals surface area contributed by atoms with Crippen LogP contribution in [0.4, 0.5) is 33.7 Å². The molecule has 4 rings (SSSR count). The van der Waals surface area contributed by atoms with E-state index in [9.17, 15) is 22.4 Å². The molecule has 0 unspecified atom stereocenters. The van der Waals surface area contributed by atoms with Gasteiger partial charge in [-0.3, -0.25) is 9.88 Å². The van der Waals surface area contributed by atoms with Gasteiger partial charge in [0.2, 0.25) is 0 Å². The number of nitrogens with zero attached hydrogens (tertiary/aromatic N) is 2. The van der Waals surface area contributed by atoms with Crippen molar-refractivity contribution >= 4 is 28.3 Å². The van der Waals surface area contributed by atoms with Gasteiger partial charge >= 0.3 is 12.2 Å². The second-order valence-electron chi connectivity index (χ2n) is 7.58. The fourth-order valence-electron chi connectivity index (χ4n) is 3.89. The van der Waals surface area contributed by atoms with Crippen LogP contribution in [0, 0.1) is 5.82 Å². The van der Waals surface area contributed by atoms with Gasteiger partial charge in [-0.2, -0.15) is 13.2 Å². The summed E-state index contributed by atoms with van der Waals surface area (Å²) in [6.45, 7) is -0.485. The van der Waals surface area contributed by atoms with E-state index in [2.05, 4.69) is 20.6 Å². The zero-order valence-electron chi connectivity index (χ0n) is 16.5. The molecule has 1 aliphatic heterocycles. The molecule has 0 aliphatic carbocycles. The number of piperidine rings is 1. The summed E-state index contributed by atoms with van der Waals surface area (Å²) in [6.07, 6.45) is -0.425. The highest BCUT2D eigenvalue weighted by Crippen LogP contribution is 2.31. The normalized spacial score (nSPS) is 15.9. The molecule has 1 aromatic carbocycles. The molecular weight excluding hydrogens is 414 g/mol. The number of alkyl halides is 3. The number of fused-ring (bicyclic) bond motifs is 1. The average molecular weight is 435 g/mol. The average Bonchev–Trinajstić information content (AvgIpc) is 3.11. The maximum absolute atomic E-state index is 14.6. The molecule has 2 aromatic heterocycles. The minimum atomic E-state index is -4.24. The first-order valence-corrected chi connectivity index (χ1v) is 9.87. The summed E-state index contributed by atoms with van der Waals surface area (Å²) in [7, 11) is 0. The Morgan fingerprint density at radius 2 is 1.94 bits per heavy atom. The third-order valence-corrected chi connectivity index (χ3v) is 5.34. The number of para-hydroxylation sites is 1. The van der Waals surface area contributed by atoms with E-state index < -0.39 is 24.6 Å². The number of amides is 2. The molecule has 10 heteroatoms. The number of hydrogen-bond acceptors (Lipinski definition) is 3. The molecule has 0 radical (unpaired) electrons. The van der Waals surface area contributed by atoms with E-state index in [1.165, 1.54) is 17.2 Å². The Kier molecular flexibility index (Phi) is 5.81. The number of likely N-dealkylation sites (tertiary alicyclic amines) is 1. The monoisotopic (exact) mass is 435 g/mol. The van der Waals surface area contributed by atoms with Gasteiger partial charge in [0, 0.05) is 29.1 Å². The minimum Gasteiger partial charge on any atom is -0.359 e. The van der Waals surface area contributed by atoms with Crippen molar-refractivity contribution in [1.29, 1.82) is 0 Å². The molecule has 6 nitrogen and oxygen atoms in total. The van der Waals surface area contributed by atoms with Gasteiger partial charge in [-0.05, 0) is 32.0 Å². The van der Waals surface area contributed by atoms with Gasteiger partial charge in [-0.1, -0.05) is 18.2 Å². The van der Waals surface area contributed by atoms with Crippen LogP contribution in [0.1, 0.15) is 24.5 Å². The lowest BCUT2D eigenvalue weighted by atomic mass is 9.92. The number of hydrogen-bond donors (Lipinski definition) is 3. The highest BCUT2D eigenvalue weighted by atomic mass is 19.4. The summed E-state index contributed by atoms with van der Waals surface area (Å²) in [5.41, 5.74) is 1.86. The zero-order valence-corrected chi connectivity index (χ0v) is 16.5. The lowest BCUT2D eigenvalue weighted by Gasteiger charge is -2.32. The molecule has 2 amide bonds. The third-order valence-electron chi connectivity index (χ3n) is 5.34. The highest BCUT2D eigenvalue weighted by molar-refractivity contribution is 6.05. The number of nitrogens with one attached hydrogen (secondary N) is 3. The van der Waals surface area contributed by atoms with Crippen LogP contribution in [0.2, 0.25) is 0 Å². The van der Waals surface area contributed by atoms with Gasteiger partial charge < -0.3 is 15.6 Å². The number of rotatable bonds is 4. The van der Waals surface area contributed by atoms with E-state index in [-0.39, 0.29) is 30.4 Å². The molecule has 1 aliphatic rings. The maximum atomic E-state index is 14.6. The van der Waals surface area contributed by atoms with Gasteiger partial charge in [0.15, 0.2) is 0 Å². The number of aromatic amines is 1. The summed E-state index contributed by atoms with van der Waals surface area (Å²) in [5.74, 6) is -0.835. The predicted molar refractivity (Wildman–Crippen MR) is 110 cm³/mol. The molecule has 0 atom stereocenters. The minimum absolute atomic E-state index is 0.188. The Hall–Kier alpha value is -3.14. The van der Waals surface area contributed by atoms with E-state index in [1.807, 2.05) is 24.3 Å². The number of carbonyl (C=O) groups excluding carboxylic acids is 1. The number of pyridine rings is 1. The smallest absolute Gasteiger partial charge is 0.359 e. The van der Waals surface area contributed by atoms with Crippen LogP contribution in [-0.4, -0.2) is 46.7 Å². The summed E-state index contributed by atoms with van der Waals surface area (Å²) >= 11 is 0. The molecule has 0 saturated carbocycles. The van der Waals surface area contributed by atoms with Crippen LogP contribution >= 0.6 is 0 Å². The van der Waals surface area contributed by atoms with Gasteiger partial charge in [0.1, 0.15) is 5.82 Å². The zero-order chi connectivity index (χ0) is 22.0. The SMILES string of the molecule is O=C(Nc1cnc(C2CCN(CC(F)(F)F)CC2)c(F)c1)Nc1c[nH]c2ccccc12. The maximum Gasteiger partial charge on any atom is 0.401 e. The van der Waals surface area contributed by atoms with Crippen molar-refractivity contribution in [2.75, 3.05) is 30.3 Å². The van der Waals surface area contributed by atoms with Gasteiger partial charge in [0.25, 0.3) is 0 Å². The first kappa shape index (κ1) is 21.1. The van der Waals surface area contributed by atoms with E-state index in [4.69, 9.17) is 0 Å². The molecule has 0 spiro atoms. The summed E-state index contributed by atoms with van der Waals surface area (Å²) in [6, 6.07) is 8.10. The van der Waals surface area contributed by atoms with Crippen molar-refractivity contribution < 1.29 is 22.4 Å². The molecule has 31 heavy (non-hydrogen) atoms. The molecule has 164 valence electrons. The number of carbonyl (C=O) groups is 1. The molecule has 0 bridgehead atoms. The Labute approximate surface area is 175 Å². The number of aromatic nitrogens is 2. The van der Waals surface area contributed by atoms with E-state index in [0.29, 0.717) is 18.5 Å². The largest absolute Gasteiger partial charge is 0.401 e. The predicted octanol–water partition coefficient (Wildman–Crippen LogP) is 5.09. The second kappa shape index (κ2) is 8.54. The van der Waals surface area contributed by atoms with Crippen molar-refractivity contribution in [1.82, 2.24) is 14.9 Å². The summed E-state index contributed by atoms with van der Waals surface area (Å²) in [5, 5.41) is 6.10. The molecule has 3 heterocycles. The number of urea groups is 1. The Morgan fingerprint density at radius 1 is 1.19 bits per heavy atom. The topological polar surface area (TPSA) is 73.1 Å². The van der Waals surface area contributed by atoms with Crippen LogP contribution in [-0.2, 0) is 0 Å². The first-order chi connectivity index (χ1) is 14.8. The number of H-pyrrole nitrogens is 1. The first-order valence-electron chi connectivity index (χ1n) is 9.87. The van der Waals surface area contributed by atoms with Gasteiger partial charge in [-0.15, -0.1) is 0 Å². The van der Waals surface area contributed by atoms with Crippen molar-refractivity contribution in [3.63, 3.8) is 0 Å². The quantitative estimate of drug-likeness (QED) is 0.500. The van der Waals surface area contributed by atoms with E-state index in [0.717, 1.165) is 10.9 Å². The fraction of sp³-hybridized carbons (Fsp3) is 0.333. The second-order valence-corrected chi connectivity index (χ2v) is 7.58. The molecule has 3 N–H and O–H groups in total. The molecule has 1 saturated heterocycles. The van der Waals surface area contributed by atoms with Crippen LogP contribution in [0.3, 0.4) is 0 Å². The standard InChI is InChI=1S/C21H21F4N5O/c22-16-9-14(28-20(31)29-18-11-26-17-4-2-1-3-15(17)18)10-27-19(16)13-5-7-30(8-6-13)12-21(23,24)25/h1-4,9-11,13,26H,5-8,12H2,(H2,28,29,31). The van der Waals surface area contributed by atoms with Gasteiger partial charge in [0.05, 0.1) is 29.8 Å². The Balaban J connectivity index is 1.36. The van der Waals surface area contributed by atoms with Crippen LogP contribution < -0.4 is 10.6 Å². The van der Waals surface area contributed by atoms with Crippen molar-refractivity contribution in [3.8, 4) is 0 Å². The third kappa shape index (κ3) is 5.13. The van der Waals surface area contributed by atoms with Crippen LogP contribution in [0.25, 0.3) is 10.9 Å².